The first kappa shape index (κ1) is 75.1. The van der Waals surface area contributed by atoms with E-state index in [1.54, 1.807) is 24.3 Å². The van der Waals surface area contributed by atoms with Crippen LogP contribution in [0, 0.1) is 0 Å². The van der Waals surface area contributed by atoms with Crippen LogP contribution in [0.25, 0.3) is 19.5 Å². The minimum atomic E-state index is -2.48. The van der Waals surface area contributed by atoms with Crippen molar-refractivity contribution in [2.24, 2.45) is 0 Å². The Bertz CT molecular complexity index is 2990. The number of thiophene rings is 4. The van der Waals surface area contributed by atoms with Gasteiger partial charge in [0.1, 0.15) is 24.4 Å². The van der Waals surface area contributed by atoms with Crippen LogP contribution in [0.5, 0.6) is 0 Å². The summed E-state index contributed by atoms with van der Waals surface area (Å²) < 4.78 is 23.1. The van der Waals surface area contributed by atoms with Crippen LogP contribution in [0.3, 0.4) is 0 Å². The Kier molecular flexibility index (Phi) is 29.8. The fourth-order valence-electron chi connectivity index (χ4n) is 9.62. The molecule has 490 valence electrons. The molecule has 26 nitrogen and oxygen atoms in total. The maximum Gasteiger partial charge on any atom is 1.00 e. The van der Waals surface area contributed by atoms with Crippen molar-refractivity contribution in [2.45, 2.75) is 112 Å². The number of carbonyl (C=O) groups excluding carboxylic acids is 6. The van der Waals surface area contributed by atoms with E-state index >= 15 is 0 Å². The van der Waals surface area contributed by atoms with Crippen LogP contribution < -0.4 is 61.5 Å². The van der Waals surface area contributed by atoms with Crippen molar-refractivity contribution in [3.05, 3.63) is 104 Å². The van der Waals surface area contributed by atoms with Gasteiger partial charge in [-0.05, 0) is 95.8 Å². The number of carboxylic acids is 2. The van der Waals surface area contributed by atoms with Gasteiger partial charge in [0.05, 0.1) is 59.5 Å². The second kappa shape index (κ2) is 36.1. The van der Waals surface area contributed by atoms with Crippen LogP contribution in [-0.4, -0.2) is 223 Å². The fourth-order valence-corrected chi connectivity index (χ4v) is 14.7. The number of thioether (sulfide) groups is 2. The SMILES string of the molecule is CC(=O)N[C@@H]1[C@@H](O)C[C@](OCCCSCCNC(=O)c2ccc(C(=O)NCCSCCCO[C@]3(C(=O)O)C[C@H](O)[C@@H](NC(C)=O)[C@H](C(O)[C@H](O)CNC(=O)c4ccc(-c5cccs5)s4)O3)cc2)(C(=O)O)O[C@H]1C(O)[C@H](O)CNC(=O)c1ccc(-c2cccs2)s1.[Na+]. The van der Waals surface area contributed by atoms with Gasteiger partial charge in [0.25, 0.3) is 35.2 Å². The van der Waals surface area contributed by atoms with Crippen molar-refractivity contribution >= 4 is 116 Å². The molecule has 0 saturated carbocycles. The fraction of sp³-hybridized carbons (Fsp3) is 0.483. The Hall–Kier alpha value is -4.92. The summed E-state index contributed by atoms with van der Waals surface area (Å²) in [6.45, 7) is 1.48. The Morgan fingerprint density at radius 1 is 0.549 bits per heavy atom. The van der Waals surface area contributed by atoms with Gasteiger partial charge >= 0.3 is 41.5 Å². The number of aliphatic hydroxyl groups is 6. The zero-order chi connectivity index (χ0) is 65.1. The van der Waals surface area contributed by atoms with E-state index in [-0.39, 0.29) is 55.9 Å². The van der Waals surface area contributed by atoms with E-state index in [0.717, 1.165) is 33.4 Å². The predicted octanol–water partition coefficient (Wildman–Crippen LogP) is -0.816. The first-order chi connectivity index (χ1) is 43.0. The summed E-state index contributed by atoms with van der Waals surface area (Å²) in [4.78, 5) is 106. The van der Waals surface area contributed by atoms with Gasteiger partial charge in [-0.1, -0.05) is 12.1 Å². The molecule has 7 rings (SSSR count). The molecule has 2 aliphatic heterocycles. The second-order valence-corrected chi connectivity index (χ2v) is 27.3. The Morgan fingerprint density at radius 2 is 0.934 bits per heavy atom. The molecule has 0 spiro atoms. The first-order valence-electron chi connectivity index (χ1n) is 28.4. The van der Waals surface area contributed by atoms with Gasteiger partial charge in [-0.15, -0.1) is 45.3 Å². The van der Waals surface area contributed by atoms with Gasteiger partial charge in [-0.25, -0.2) is 9.59 Å². The molecule has 0 bridgehead atoms. The van der Waals surface area contributed by atoms with Gasteiger partial charge in [-0.3, -0.25) is 28.8 Å². The molecule has 1 aromatic carbocycles. The number of benzene rings is 1. The second-order valence-electron chi connectivity index (χ2n) is 20.8. The van der Waals surface area contributed by atoms with Crippen molar-refractivity contribution in [2.75, 3.05) is 62.4 Å². The number of hydrogen-bond donors (Lipinski definition) is 14. The summed E-state index contributed by atoms with van der Waals surface area (Å²) in [7, 11) is 0. The molecule has 12 atom stereocenters. The quantitative estimate of drug-likeness (QED) is 0.0177. The van der Waals surface area contributed by atoms with E-state index < -0.39 is 146 Å². The maximum atomic E-state index is 12.9. The Morgan fingerprint density at radius 3 is 1.27 bits per heavy atom. The van der Waals surface area contributed by atoms with Crippen molar-refractivity contribution in [1.29, 1.82) is 0 Å². The van der Waals surface area contributed by atoms with Crippen molar-refractivity contribution in [3.8, 4) is 19.5 Å². The molecular weight excluding hydrogens is 1320 g/mol. The number of rotatable bonds is 34. The normalized spacial score (nSPS) is 22.6. The van der Waals surface area contributed by atoms with E-state index in [0.29, 0.717) is 56.7 Å². The van der Waals surface area contributed by atoms with E-state index in [1.165, 1.54) is 93.1 Å². The molecule has 33 heteroatoms. The number of ether oxygens (including phenoxy) is 4. The van der Waals surface area contributed by atoms with Crippen molar-refractivity contribution in [3.63, 3.8) is 0 Å². The summed E-state index contributed by atoms with van der Waals surface area (Å²) in [6.07, 6.45) is -14.6. The molecule has 2 saturated heterocycles. The summed E-state index contributed by atoms with van der Waals surface area (Å²) >= 11 is 8.32. The Labute approximate surface area is 569 Å². The minimum absolute atomic E-state index is 0. The van der Waals surface area contributed by atoms with Crippen molar-refractivity contribution in [1.82, 2.24) is 31.9 Å². The van der Waals surface area contributed by atoms with Crippen LogP contribution >= 0.6 is 68.9 Å². The van der Waals surface area contributed by atoms with Crippen LogP contribution in [0.4, 0.5) is 0 Å². The number of carboxylic acid groups (broad SMARTS) is 2. The first-order valence-corrected chi connectivity index (χ1v) is 34.1. The number of aliphatic carboxylic acids is 2. The third-order valence-electron chi connectivity index (χ3n) is 14.1. The van der Waals surface area contributed by atoms with Crippen LogP contribution in [-0.2, 0) is 38.1 Å². The van der Waals surface area contributed by atoms with Gasteiger partial charge in [0.2, 0.25) is 11.8 Å². The van der Waals surface area contributed by atoms with E-state index in [9.17, 15) is 79.2 Å². The topological polar surface area (TPSA) is 408 Å². The zero-order valence-corrected chi connectivity index (χ0v) is 56.6. The number of hydrogen-bond acceptors (Lipinski definition) is 24. The van der Waals surface area contributed by atoms with Gasteiger partial charge in [0.15, 0.2) is 0 Å². The number of amides is 6. The van der Waals surface area contributed by atoms with Crippen LogP contribution in [0.1, 0.15) is 79.6 Å². The molecule has 91 heavy (non-hydrogen) atoms. The van der Waals surface area contributed by atoms with Gasteiger partial charge in [-0.2, -0.15) is 23.5 Å². The third-order valence-corrected chi connectivity index (χ3v) is 20.6. The maximum absolute atomic E-state index is 12.9. The molecule has 2 aliphatic rings. The van der Waals surface area contributed by atoms with Gasteiger partial charge < -0.3 is 91.7 Å². The largest absolute Gasteiger partial charge is 1.00 e. The number of nitrogens with one attached hydrogen (secondary N) is 6. The summed E-state index contributed by atoms with van der Waals surface area (Å²) in [5.74, 6) is -9.49. The summed E-state index contributed by atoms with van der Waals surface area (Å²) in [6, 6.07) is 17.7. The van der Waals surface area contributed by atoms with Crippen LogP contribution in [0.15, 0.2) is 83.6 Å². The third kappa shape index (κ3) is 21.0. The van der Waals surface area contributed by atoms with Crippen LogP contribution in [0.2, 0.25) is 0 Å². The molecule has 0 aliphatic carbocycles. The molecule has 14 N–H and O–H groups in total. The number of aliphatic hydroxyl groups excluding tert-OH is 6. The molecule has 6 heterocycles. The standard InChI is InChI=1S/C58H72N6O20S6.Na/c1-31(65)63-45-35(67)27-57(55(77)78,83-49(45)47(71)37(69)29-61-53(75)43-15-13-41(89-43)39-7-3-23-87-39)81-19-5-21-85-25-17-59-51(73)33-9-11-34(12-10-33)52(74)60-18-26-86-22-6-20-82-58(56(79)80)28-36(68)46(64-32(2)66)50(84-58)48(72)38(70)30-62-54(76)44-16-14-42(90-44)40-8-4-24-88-40;/h3-4,7-16,23-24,35-38,45-50,67-72H,5-6,17-22,25-30H2,1-2H3,(H,59,73)(H,60,74)(H,61,75)(H,62,76)(H,63,65)(H,64,66)(H,77,78)(H,79,80);/q;+1/t35-,36-,37+,38+,45+,46+,47?,48?,49+,50+,57+,58+;/m0./s1. The molecular formula is C58H72N6NaO20S6+. The summed E-state index contributed by atoms with van der Waals surface area (Å²) in [5, 5.41) is 107. The molecule has 6 amide bonds. The predicted molar refractivity (Wildman–Crippen MR) is 338 cm³/mol. The van der Waals surface area contributed by atoms with Gasteiger partial charge in [0, 0.05) is 95.0 Å². The van der Waals surface area contributed by atoms with E-state index in [4.69, 9.17) is 18.9 Å². The number of carbonyl (C=O) groups is 8. The van der Waals surface area contributed by atoms with Crippen molar-refractivity contribution < 1.29 is 128 Å². The van der Waals surface area contributed by atoms with E-state index in [1.807, 2.05) is 35.0 Å². The molecule has 2 fully saturated rings. The average molecular weight is 1390 g/mol. The molecule has 4 aromatic heterocycles. The molecule has 2 unspecified atom stereocenters. The minimum Gasteiger partial charge on any atom is -0.477 e. The average Bonchev–Trinajstić information content (AvgIpc) is 1.83. The zero-order valence-electron chi connectivity index (χ0n) is 49.7. The summed E-state index contributed by atoms with van der Waals surface area (Å²) in [5.41, 5.74) is 0.599. The monoisotopic (exact) mass is 1390 g/mol. The van der Waals surface area contributed by atoms with E-state index in [2.05, 4.69) is 31.9 Å². The Balaban J connectivity index is 0.0000132. The smallest absolute Gasteiger partial charge is 0.477 e. The molecule has 5 aromatic rings. The molecule has 0 radical (unpaired) electrons.